The number of ether oxygens (including phenoxy) is 2. The maximum absolute atomic E-state index is 9.84. The van der Waals surface area contributed by atoms with E-state index in [2.05, 4.69) is 0 Å². The Morgan fingerprint density at radius 3 is 1.77 bits per heavy atom. The summed E-state index contributed by atoms with van der Waals surface area (Å²) in [5.74, 6) is 0. The first-order chi connectivity index (χ1) is 10.3. The lowest BCUT2D eigenvalue weighted by Crippen LogP contribution is -2.65. The lowest BCUT2D eigenvalue weighted by molar-refractivity contribution is -0.311. The molecule has 1 aliphatic carbocycles. The molecule has 0 bridgehead atoms. The molecule has 6 unspecified atom stereocenters. The molecule has 0 aromatic rings. The standard InChI is InChI=1S/C12H22O10/c13-2-4-6(15)3(14)1-5(21-4)22-12-10(19)8(17)7(16)9(18)11(12)20/h3-20H,1-2H2/t3-,4?,5-,6+,7?,8?,9?,10-,11?,12?/m1/s1. The van der Waals surface area contributed by atoms with Gasteiger partial charge in [0.1, 0.15) is 48.8 Å². The molecule has 2 rings (SSSR count). The molecule has 0 spiro atoms. The van der Waals surface area contributed by atoms with Gasteiger partial charge in [0.2, 0.25) is 0 Å². The van der Waals surface area contributed by atoms with E-state index in [0.717, 1.165) is 0 Å². The summed E-state index contributed by atoms with van der Waals surface area (Å²) < 4.78 is 10.4. The van der Waals surface area contributed by atoms with E-state index in [0.29, 0.717) is 0 Å². The molecule has 22 heavy (non-hydrogen) atoms. The van der Waals surface area contributed by atoms with Crippen LogP contribution in [0.5, 0.6) is 0 Å². The zero-order chi connectivity index (χ0) is 16.6. The van der Waals surface area contributed by atoms with E-state index in [1.54, 1.807) is 0 Å². The Bertz CT molecular complexity index is 352. The monoisotopic (exact) mass is 326 g/mol. The largest absolute Gasteiger partial charge is 0.394 e. The van der Waals surface area contributed by atoms with Crippen LogP contribution in [0, 0.1) is 0 Å². The van der Waals surface area contributed by atoms with Crippen LogP contribution in [-0.2, 0) is 9.47 Å². The smallest absolute Gasteiger partial charge is 0.161 e. The summed E-state index contributed by atoms with van der Waals surface area (Å²) in [6.45, 7) is -0.585. The van der Waals surface area contributed by atoms with E-state index in [1.165, 1.54) is 0 Å². The highest BCUT2D eigenvalue weighted by Gasteiger charge is 2.50. The molecule has 2 fully saturated rings. The third-order valence-corrected chi connectivity index (χ3v) is 4.10. The highest BCUT2D eigenvalue weighted by atomic mass is 16.7. The number of aliphatic hydroxyl groups excluding tert-OH is 8. The van der Waals surface area contributed by atoms with Gasteiger partial charge < -0.3 is 50.3 Å². The Labute approximate surface area is 125 Å². The first-order valence-corrected chi connectivity index (χ1v) is 6.96. The third-order valence-electron chi connectivity index (χ3n) is 4.10. The minimum Gasteiger partial charge on any atom is -0.394 e. The summed E-state index contributed by atoms with van der Waals surface area (Å²) >= 11 is 0. The van der Waals surface area contributed by atoms with Crippen molar-refractivity contribution in [3.05, 3.63) is 0 Å². The zero-order valence-corrected chi connectivity index (χ0v) is 11.6. The lowest BCUT2D eigenvalue weighted by Gasteiger charge is -2.44. The van der Waals surface area contributed by atoms with E-state index in [-0.39, 0.29) is 6.42 Å². The van der Waals surface area contributed by atoms with E-state index in [9.17, 15) is 35.7 Å². The molecule has 1 heterocycles. The van der Waals surface area contributed by atoms with E-state index in [1.807, 2.05) is 0 Å². The molecule has 0 aromatic heterocycles. The highest BCUT2D eigenvalue weighted by molar-refractivity contribution is 4.99. The predicted molar refractivity (Wildman–Crippen MR) is 67.3 cm³/mol. The summed E-state index contributed by atoms with van der Waals surface area (Å²) in [6, 6.07) is 0. The molecule has 2 aliphatic rings. The quantitative estimate of drug-likeness (QED) is 0.250. The van der Waals surface area contributed by atoms with Gasteiger partial charge in [-0.15, -0.1) is 0 Å². The van der Waals surface area contributed by atoms with Gasteiger partial charge in [0.15, 0.2) is 6.29 Å². The van der Waals surface area contributed by atoms with Crippen molar-refractivity contribution in [2.24, 2.45) is 0 Å². The average Bonchev–Trinajstić information content (AvgIpc) is 2.50. The van der Waals surface area contributed by atoms with E-state index in [4.69, 9.17) is 14.6 Å². The van der Waals surface area contributed by atoms with Crippen molar-refractivity contribution >= 4 is 0 Å². The minimum atomic E-state index is -1.74. The normalized spacial score (nSPS) is 53.5. The van der Waals surface area contributed by atoms with Gasteiger partial charge in [0.25, 0.3) is 0 Å². The van der Waals surface area contributed by atoms with Gasteiger partial charge in [-0.3, -0.25) is 0 Å². The molecule has 1 saturated heterocycles. The van der Waals surface area contributed by atoms with Gasteiger partial charge in [0.05, 0.1) is 12.7 Å². The fraction of sp³-hybridized carbons (Fsp3) is 1.00. The summed E-state index contributed by atoms with van der Waals surface area (Å²) in [6.07, 6.45) is -15.2. The van der Waals surface area contributed by atoms with E-state index >= 15 is 0 Å². The van der Waals surface area contributed by atoms with Crippen LogP contribution >= 0.6 is 0 Å². The highest BCUT2D eigenvalue weighted by Crippen LogP contribution is 2.28. The van der Waals surface area contributed by atoms with Crippen molar-refractivity contribution in [1.29, 1.82) is 0 Å². The second kappa shape index (κ2) is 7.01. The summed E-state index contributed by atoms with van der Waals surface area (Å²) in [5, 5.41) is 76.7. The number of hydrogen-bond donors (Lipinski definition) is 8. The molecule has 10 atom stereocenters. The van der Waals surface area contributed by atoms with Crippen LogP contribution in [0.4, 0.5) is 0 Å². The van der Waals surface area contributed by atoms with Crippen LogP contribution in [0.3, 0.4) is 0 Å². The van der Waals surface area contributed by atoms with E-state index < -0.39 is 67.8 Å². The Morgan fingerprint density at radius 1 is 0.773 bits per heavy atom. The van der Waals surface area contributed by atoms with Crippen molar-refractivity contribution in [2.75, 3.05) is 6.61 Å². The van der Waals surface area contributed by atoms with Gasteiger partial charge >= 0.3 is 0 Å². The second-order valence-corrected chi connectivity index (χ2v) is 5.63. The molecule has 1 aliphatic heterocycles. The number of hydrogen-bond acceptors (Lipinski definition) is 10. The molecule has 10 nitrogen and oxygen atoms in total. The number of aliphatic hydroxyl groups is 8. The van der Waals surface area contributed by atoms with Crippen LogP contribution in [-0.4, -0.2) is 109 Å². The predicted octanol–water partition coefficient (Wildman–Crippen LogP) is -4.98. The van der Waals surface area contributed by atoms with Crippen LogP contribution < -0.4 is 0 Å². The first kappa shape index (κ1) is 17.9. The van der Waals surface area contributed by atoms with Crippen molar-refractivity contribution in [3.8, 4) is 0 Å². The summed E-state index contributed by atoms with van der Waals surface area (Å²) in [4.78, 5) is 0. The third kappa shape index (κ3) is 3.26. The lowest BCUT2D eigenvalue weighted by atomic mass is 9.85. The Hall–Kier alpha value is -0.400. The molecular weight excluding hydrogens is 304 g/mol. The molecule has 0 radical (unpaired) electrons. The second-order valence-electron chi connectivity index (χ2n) is 5.63. The zero-order valence-electron chi connectivity index (χ0n) is 11.6. The van der Waals surface area contributed by atoms with Crippen molar-refractivity contribution in [3.63, 3.8) is 0 Å². The van der Waals surface area contributed by atoms with Gasteiger partial charge in [-0.1, -0.05) is 0 Å². The Kier molecular flexibility index (Phi) is 5.72. The van der Waals surface area contributed by atoms with Crippen LogP contribution in [0.25, 0.3) is 0 Å². The van der Waals surface area contributed by atoms with Crippen molar-refractivity contribution in [2.45, 2.75) is 67.6 Å². The molecule has 0 aromatic carbocycles. The SMILES string of the molecule is OCC1O[C@H](OC2C(O)C(O)C(O)C(O)[C@H]2O)C[C@@H](O)[C@@H]1O. The van der Waals surface area contributed by atoms with Gasteiger partial charge in [-0.25, -0.2) is 0 Å². The minimum absolute atomic E-state index is 0.206. The molecular formula is C12H22O10. The van der Waals surface area contributed by atoms with Gasteiger partial charge in [-0.2, -0.15) is 0 Å². The molecule has 130 valence electrons. The topological polar surface area (TPSA) is 180 Å². The van der Waals surface area contributed by atoms with Crippen LogP contribution in [0.2, 0.25) is 0 Å². The molecule has 0 amide bonds. The van der Waals surface area contributed by atoms with Gasteiger partial charge in [0, 0.05) is 6.42 Å². The Balaban J connectivity index is 2.05. The summed E-state index contributed by atoms with van der Waals surface area (Å²) in [7, 11) is 0. The fourth-order valence-electron chi connectivity index (χ4n) is 2.69. The molecule has 10 heteroatoms. The van der Waals surface area contributed by atoms with Gasteiger partial charge in [-0.05, 0) is 0 Å². The van der Waals surface area contributed by atoms with Crippen LogP contribution in [0.15, 0.2) is 0 Å². The first-order valence-electron chi connectivity index (χ1n) is 6.96. The average molecular weight is 326 g/mol. The molecule has 8 N–H and O–H groups in total. The van der Waals surface area contributed by atoms with Crippen molar-refractivity contribution < 1.29 is 50.3 Å². The fourth-order valence-corrected chi connectivity index (χ4v) is 2.69. The Morgan fingerprint density at radius 2 is 1.27 bits per heavy atom. The van der Waals surface area contributed by atoms with Crippen molar-refractivity contribution in [1.82, 2.24) is 0 Å². The maximum atomic E-state index is 9.84. The maximum Gasteiger partial charge on any atom is 0.161 e. The van der Waals surface area contributed by atoms with Crippen LogP contribution in [0.1, 0.15) is 6.42 Å². The number of rotatable bonds is 3. The summed E-state index contributed by atoms with van der Waals surface area (Å²) in [5.41, 5.74) is 0. The molecule has 1 saturated carbocycles.